The van der Waals surface area contributed by atoms with Crippen LogP contribution in [0.4, 0.5) is 0 Å². The lowest BCUT2D eigenvalue weighted by Crippen LogP contribution is -2.64. The standard InChI is InChI=1S/C20H25NO3SSi/c1-4-26(5-2,6-3)24-18-17(15-11-8-7-9-12-15)21(20(18)23)19(22)16-13-10-14-25-16/h7-14,17-18H,4-6H2,1-3H3/t17-,18+/m0/s1. The van der Waals surface area contributed by atoms with Gasteiger partial charge in [-0.2, -0.15) is 0 Å². The summed E-state index contributed by atoms with van der Waals surface area (Å²) in [4.78, 5) is 27.8. The molecule has 3 rings (SSSR count). The number of β-lactam (4-membered cyclic amide) rings is 1. The summed E-state index contributed by atoms with van der Waals surface area (Å²) in [7, 11) is -1.95. The molecule has 1 aliphatic rings. The van der Waals surface area contributed by atoms with Gasteiger partial charge < -0.3 is 4.43 Å². The molecule has 2 atom stereocenters. The summed E-state index contributed by atoms with van der Waals surface area (Å²) < 4.78 is 6.50. The molecule has 0 saturated carbocycles. The van der Waals surface area contributed by atoms with Crippen molar-refractivity contribution >= 4 is 31.5 Å². The molecule has 1 fully saturated rings. The largest absolute Gasteiger partial charge is 0.403 e. The van der Waals surface area contributed by atoms with Crippen LogP contribution in [0.5, 0.6) is 0 Å². The van der Waals surface area contributed by atoms with Gasteiger partial charge in [0.05, 0.1) is 10.9 Å². The average molecular weight is 388 g/mol. The third kappa shape index (κ3) is 3.29. The molecule has 1 saturated heterocycles. The molecule has 6 heteroatoms. The van der Waals surface area contributed by atoms with E-state index in [-0.39, 0.29) is 17.9 Å². The second-order valence-corrected chi connectivity index (χ2v) is 12.3. The van der Waals surface area contributed by atoms with Crippen molar-refractivity contribution in [2.45, 2.75) is 51.0 Å². The fraction of sp³-hybridized carbons (Fsp3) is 0.400. The van der Waals surface area contributed by atoms with Gasteiger partial charge in [-0.15, -0.1) is 11.3 Å². The Morgan fingerprint density at radius 2 is 1.73 bits per heavy atom. The van der Waals surface area contributed by atoms with Crippen LogP contribution in [0.2, 0.25) is 18.1 Å². The number of hydrogen-bond acceptors (Lipinski definition) is 4. The molecule has 0 bridgehead atoms. The van der Waals surface area contributed by atoms with E-state index in [0.29, 0.717) is 4.88 Å². The van der Waals surface area contributed by atoms with Gasteiger partial charge in [0.2, 0.25) is 0 Å². The quantitative estimate of drug-likeness (QED) is 0.387. The minimum absolute atomic E-state index is 0.204. The monoisotopic (exact) mass is 387 g/mol. The van der Waals surface area contributed by atoms with E-state index in [2.05, 4.69) is 20.8 Å². The van der Waals surface area contributed by atoms with E-state index in [1.807, 2.05) is 41.8 Å². The van der Waals surface area contributed by atoms with Crippen molar-refractivity contribution in [3.8, 4) is 0 Å². The van der Waals surface area contributed by atoms with Gasteiger partial charge >= 0.3 is 0 Å². The first-order valence-corrected chi connectivity index (χ1v) is 12.6. The zero-order chi connectivity index (χ0) is 18.7. The summed E-state index contributed by atoms with van der Waals surface area (Å²) in [6.07, 6.45) is -0.548. The average Bonchev–Trinajstić information content (AvgIpc) is 3.22. The molecule has 2 aromatic rings. The van der Waals surface area contributed by atoms with Gasteiger partial charge in [0.15, 0.2) is 14.4 Å². The first-order chi connectivity index (χ1) is 12.6. The van der Waals surface area contributed by atoms with Crippen LogP contribution in [-0.2, 0) is 9.22 Å². The normalized spacial score (nSPS) is 20.1. The SMILES string of the molecule is CC[Si](CC)(CC)O[C@H]1C(=O)N(C(=O)c2cccs2)[C@H]1c1ccccc1. The molecule has 1 aromatic carbocycles. The molecule has 1 aliphatic heterocycles. The molecule has 0 aliphatic carbocycles. The first-order valence-electron chi connectivity index (χ1n) is 9.20. The Morgan fingerprint density at radius 3 is 2.27 bits per heavy atom. The van der Waals surface area contributed by atoms with E-state index in [9.17, 15) is 9.59 Å². The van der Waals surface area contributed by atoms with Crippen molar-refractivity contribution < 1.29 is 14.0 Å². The molecule has 0 radical (unpaired) electrons. The smallest absolute Gasteiger partial charge is 0.271 e. The lowest BCUT2D eigenvalue weighted by atomic mass is 9.90. The summed E-state index contributed by atoms with van der Waals surface area (Å²) in [5.41, 5.74) is 0.952. The minimum atomic E-state index is -1.95. The Kier molecular flexibility index (Phi) is 5.75. The van der Waals surface area contributed by atoms with Gasteiger partial charge in [0, 0.05) is 0 Å². The number of nitrogens with zero attached hydrogens (tertiary/aromatic N) is 1. The zero-order valence-electron chi connectivity index (χ0n) is 15.5. The van der Waals surface area contributed by atoms with Crippen LogP contribution in [0.25, 0.3) is 0 Å². The Morgan fingerprint density at radius 1 is 1.08 bits per heavy atom. The number of hydrogen-bond donors (Lipinski definition) is 0. The molecule has 1 aromatic heterocycles. The second-order valence-electron chi connectivity index (χ2n) is 6.63. The van der Waals surface area contributed by atoms with Crippen LogP contribution >= 0.6 is 11.3 Å². The first kappa shape index (κ1) is 19.0. The molecular weight excluding hydrogens is 362 g/mol. The molecule has 0 unspecified atom stereocenters. The molecule has 138 valence electrons. The number of amides is 2. The topological polar surface area (TPSA) is 46.6 Å². The summed E-state index contributed by atoms with van der Waals surface area (Å²) in [6.45, 7) is 6.44. The van der Waals surface area contributed by atoms with Crippen molar-refractivity contribution in [3.05, 3.63) is 58.3 Å². The molecule has 0 N–H and O–H groups in total. The van der Waals surface area contributed by atoms with Crippen LogP contribution in [0.1, 0.15) is 42.0 Å². The van der Waals surface area contributed by atoms with E-state index >= 15 is 0 Å². The number of benzene rings is 1. The fourth-order valence-corrected chi connectivity index (χ4v) is 6.99. The maximum absolute atomic E-state index is 12.9. The van der Waals surface area contributed by atoms with E-state index in [0.717, 1.165) is 23.7 Å². The van der Waals surface area contributed by atoms with E-state index in [1.54, 1.807) is 6.07 Å². The Balaban J connectivity index is 1.93. The van der Waals surface area contributed by atoms with Gasteiger partial charge in [0.1, 0.15) is 0 Å². The van der Waals surface area contributed by atoms with Crippen LogP contribution in [0, 0.1) is 0 Å². The zero-order valence-corrected chi connectivity index (χ0v) is 17.3. The maximum Gasteiger partial charge on any atom is 0.271 e. The number of carbonyl (C=O) groups is 2. The summed E-state index contributed by atoms with van der Waals surface area (Å²) in [5.74, 6) is -0.431. The van der Waals surface area contributed by atoms with Crippen LogP contribution in [-0.4, -0.2) is 31.1 Å². The molecule has 4 nitrogen and oxygen atoms in total. The van der Waals surface area contributed by atoms with Crippen LogP contribution in [0.3, 0.4) is 0 Å². The highest BCUT2D eigenvalue weighted by molar-refractivity contribution is 7.12. The van der Waals surface area contributed by atoms with Gasteiger partial charge in [-0.3, -0.25) is 14.5 Å². The Hall–Kier alpha value is -1.76. The Bertz CT molecular complexity index is 750. The lowest BCUT2D eigenvalue weighted by Gasteiger charge is -2.48. The maximum atomic E-state index is 12.9. The van der Waals surface area contributed by atoms with Crippen molar-refractivity contribution in [1.82, 2.24) is 4.90 Å². The molecule has 26 heavy (non-hydrogen) atoms. The number of likely N-dealkylation sites (tertiary alicyclic amines) is 1. The van der Waals surface area contributed by atoms with Crippen LogP contribution in [0.15, 0.2) is 47.8 Å². The molecule has 0 spiro atoms. The number of carbonyl (C=O) groups excluding carboxylic acids is 2. The van der Waals surface area contributed by atoms with Crippen molar-refractivity contribution in [2.75, 3.05) is 0 Å². The van der Waals surface area contributed by atoms with Gasteiger partial charge in [-0.25, -0.2) is 0 Å². The van der Waals surface area contributed by atoms with Crippen molar-refractivity contribution in [1.29, 1.82) is 0 Å². The lowest BCUT2D eigenvalue weighted by molar-refractivity contribution is -0.158. The highest BCUT2D eigenvalue weighted by atomic mass is 32.1. The fourth-order valence-electron chi connectivity index (χ4n) is 3.57. The van der Waals surface area contributed by atoms with Crippen molar-refractivity contribution in [2.24, 2.45) is 0 Å². The van der Waals surface area contributed by atoms with Gasteiger partial charge in [-0.05, 0) is 35.1 Å². The highest BCUT2D eigenvalue weighted by Crippen LogP contribution is 2.41. The summed E-state index contributed by atoms with van der Waals surface area (Å²) >= 11 is 1.36. The van der Waals surface area contributed by atoms with E-state index < -0.39 is 14.4 Å². The van der Waals surface area contributed by atoms with E-state index in [1.165, 1.54) is 16.2 Å². The summed E-state index contributed by atoms with van der Waals surface area (Å²) in [5, 5.41) is 1.85. The number of imide groups is 1. The second kappa shape index (κ2) is 7.86. The highest BCUT2D eigenvalue weighted by Gasteiger charge is 2.54. The summed E-state index contributed by atoms with van der Waals surface area (Å²) in [6, 6.07) is 15.9. The van der Waals surface area contributed by atoms with Crippen molar-refractivity contribution in [3.63, 3.8) is 0 Å². The number of rotatable bonds is 7. The van der Waals surface area contributed by atoms with Gasteiger partial charge in [-0.1, -0.05) is 57.2 Å². The predicted molar refractivity (Wildman–Crippen MR) is 107 cm³/mol. The molecule has 2 heterocycles. The van der Waals surface area contributed by atoms with E-state index in [4.69, 9.17) is 4.43 Å². The predicted octanol–water partition coefficient (Wildman–Crippen LogP) is 4.86. The Labute approximate surface area is 159 Å². The van der Waals surface area contributed by atoms with Crippen LogP contribution < -0.4 is 0 Å². The van der Waals surface area contributed by atoms with Gasteiger partial charge in [0.25, 0.3) is 11.8 Å². The third-order valence-corrected chi connectivity index (χ3v) is 10.9. The number of thiophene rings is 1. The minimum Gasteiger partial charge on any atom is -0.403 e. The molecule has 2 amide bonds. The molecular formula is C20H25NO3SSi. The third-order valence-electron chi connectivity index (χ3n) is 5.45.